The number of allylic oxidation sites excluding steroid dienone is 1. The van der Waals surface area contributed by atoms with Crippen LogP contribution in [-0.2, 0) is 4.79 Å². The molecule has 2 aromatic rings. The van der Waals surface area contributed by atoms with Crippen molar-refractivity contribution in [2.75, 3.05) is 6.61 Å². The highest BCUT2D eigenvalue weighted by atomic mass is 79.9. The van der Waals surface area contributed by atoms with Gasteiger partial charge in [0.25, 0.3) is 0 Å². The molecule has 0 aliphatic rings. The highest BCUT2D eigenvalue weighted by molar-refractivity contribution is 9.10. The van der Waals surface area contributed by atoms with Gasteiger partial charge in [0.05, 0.1) is 17.6 Å². The van der Waals surface area contributed by atoms with Crippen molar-refractivity contribution in [1.29, 1.82) is 5.26 Å². The molecule has 0 N–H and O–H groups in total. The Kier molecular flexibility index (Phi) is 5.50. The third-order valence-electron chi connectivity index (χ3n) is 2.87. The predicted molar refractivity (Wildman–Crippen MR) is 84.5 cm³/mol. The van der Waals surface area contributed by atoms with Crippen molar-refractivity contribution in [2.45, 2.75) is 0 Å². The molecule has 0 saturated carbocycles. The maximum absolute atomic E-state index is 13.3. The number of rotatable bonds is 5. The van der Waals surface area contributed by atoms with Gasteiger partial charge in [-0.3, -0.25) is 0 Å². The summed E-state index contributed by atoms with van der Waals surface area (Å²) in [6.07, 6.45) is 1.50. The molecule has 0 fully saturated rings. The zero-order valence-electron chi connectivity index (χ0n) is 11.8. The molecule has 0 unspecified atom stereocenters. The normalized spacial score (nSPS) is 10.9. The summed E-state index contributed by atoms with van der Waals surface area (Å²) in [6, 6.07) is 12.6. The minimum atomic E-state index is -1.35. The van der Waals surface area contributed by atoms with Crippen LogP contribution in [0.2, 0.25) is 0 Å². The first-order valence-corrected chi connectivity index (χ1v) is 7.29. The SMILES string of the molecule is N#C/C(=C\c1cc(Br)ccc1OCC(=O)[O-])c1cccc(F)c1. The van der Waals surface area contributed by atoms with Gasteiger partial charge in [0.1, 0.15) is 18.2 Å². The molecule has 2 rings (SSSR count). The number of ether oxygens (including phenoxy) is 1. The molecule has 0 aliphatic carbocycles. The van der Waals surface area contributed by atoms with Gasteiger partial charge in [0.2, 0.25) is 0 Å². The molecule has 23 heavy (non-hydrogen) atoms. The molecule has 4 nitrogen and oxygen atoms in total. The van der Waals surface area contributed by atoms with Crippen LogP contribution in [0.4, 0.5) is 4.39 Å². The summed E-state index contributed by atoms with van der Waals surface area (Å²) in [5.74, 6) is -1.53. The fourth-order valence-electron chi connectivity index (χ4n) is 1.89. The molecular formula is C17H10BrFNO3-. The molecule has 0 aromatic heterocycles. The van der Waals surface area contributed by atoms with Gasteiger partial charge in [-0.2, -0.15) is 5.26 Å². The topological polar surface area (TPSA) is 73.1 Å². The average molecular weight is 375 g/mol. The number of benzene rings is 2. The number of hydrogen-bond donors (Lipinski definition) is 0. The standard InChI is InChI=1S/C17H11BrFNO3/c18-14-4-5-16(23-10-17(21)22)12(7-14)6-13(9-20)11-2-1-3-15(19)8-11/h1-8H,10H2,(H,21,22)/p-1/b13-6+. The number of carbonyl (C=O) groups is 1. The van der Waals surface area contributed by atoms with Crippen LogP contribution < -0.4 is 9.84 Å². The van der Waals surface area contributed by atoms with Crippen molar-refractivity contribution in [2.24, 2.45) is 0 Å². The monoisotopic (exact) mass is 374 g/mol. The van der Waals surface area contributed by atoms with E-state index in [4.69, 9.17) is 4.74 Å². The van der Waals surface area contributed by atoms with Gasteiger partial charge < -0.3 is 14.6 Å². The van der Waals surface area contributed by atoms with Crippen molar-refractivity contribution < 1.29 is 19.0 Å². The van der Waals surface area contributed by atoms with Crippen LogP contribution in [0.15, 0.2) is 46.9 Å². The second-order valence-corrected chi connectivity index (χ2v) is 5.44. The van der Waals surface area contributed by atoms with Gasteiger partial charge in [-0.15, -0.1) is 0 Å². The van der Waals surface area contributed by atoms with E-state index in [0.29, 0.717) is 11.1 Å². The van der Waals surface area contributed by atoms with Crippen LogP contribution in [-0.4, -0.2) is 12.6 Å². The Labute approximate surface area is 140 Å². The van der Waals surface area contributed by atoms with Crippen LogP contribution in [0.1, 0.15) is 11.1 Å². The number of halogens is 2. The Morgan fingerprint density at radius 3 is 2.78 bits per heavy atom. The number of carbonyl (C=O) groups excluding carboxylic acids is 1. The summed E-state index contributed by atoms with van der Waals surface area (Å²) in [5, 5.41) is 19.8. The second kappa shape index (κ2) is 7.56. The van der Waals surface area contributed by atoms with E-state index in [1.807, 2.05) is 6.07 Å². The highest BCUT2D eigenvalue weighted by Gasteiger charge is 2.07. The smallest absolute Gasteiger partial charge is 0.128 e. The molecule has 0 spiro atoms. The van der Waals surface area contributed by atoms with Crippen molar-refractivity contribution in [3.63, 3.8) is 0 Å². The molecule has 0 heterocycles. The zero-order valence-corrected chi connectivity index (χ0v) is 13.3. The number of aliphatic carboxylic acids is 1. The Morgan fingerprint density at radius 1 is 1.35 bits per heavy atom. The maximum atomic E-state index is 13.3. The lowest BCUT2D eigenvalue weighted by molar-refractivity contribution is -0.307. The Bertz CT molecular complexity index is 812. The van der Waals surface area contributed by atoms with E-state index >= 15 is 0 Å². The molecule has 0 saturated heterocycles. The van der Waals surface area contributed by atoms with E-state index in [9.17, 15) is 19.6 Å². The molecule has 0 atom stereocenters. The van der Waals surface area contributed by atoms with Crippen LogP contribution in [0.25, 0.3) is 11.6 Å². The van der Waals surface area contributed by atoms with Gasteiger partial charge >= 0.3 is 0 Å². The van der Waals surface area contributed by atoms with E-state index in [2.05, 4.69) is 15.9 Å². The summed E-state index contributed by atoms with van der Waals surface area (Å²) >= 11 is 3.30. The number of nitriles is 1. The van der Waals surface area contributed by atoms with Crippen molar-refractivity contribution in [3.05, 3.63) is 63.9 Å². The number of carboxylic acids is 1. The van der Waals surface area contributed by atoms with Gasteiger partial charge in [0, 0.05) is 10.0 Å². The van der Waals surface area contributed by atoms with Gasteiger partial charge in [0.15, 0.2) is 0 Å². The van der Waals surface area contributed by atoms with Crippen LogP contribution in [0.5, 0.6) is 5.75 Å². The first kappa shape index (κ1) is 16.7. The second-order valence-electron chi connectivity index (χ2n) is 4.52. The minimum absolute atomic E-state index is 0.223. The van der Waals surface area contributed by atoms with E-state index in [-0.39, 0.29) is 11.3 Å². The summed E-state index contributed by atoms with van der Waals surface area (Å²) < 4.78 is 19.2. The summed E-state index contributed by atoms with van der Waals surface area (Å²) in [4.78, 5) is 10.5. The number of hydrogen-bond acceptors (Lipinski definition) is 4. The molecular weight excluding hydrogens is 365 g/mol. The summed E-state index contributed by atoms with van der Waals surface area (Å²) in [7, 11) is 0. The van der Waals surface area contributed by atoms with Crippen molar-refractivity contribution >= 4 is 33.5 Å². The number of nitrogens with zero attached hydrogens (tertiary/aromatic N) is 1. The third kappa shape index (κ3) is 4.66. The Hall–Kier alpha value is -2.65. The number of carboxylic acid groups (broad SMARTS) is 1. The quantitative estimate of drug-likeness (QED) is 0.595. The Morgan fingerprint density at radius 2 is 2.13 bits per heavy atom. The van der Waals surface area contributed by atoms with E-state index in [0.717, 1.165) is 4.47 Å². The van der Waals surface area contributed by atoms with Gasteiger partial charge in [-0.1, -0.05) is 28.1 Å². The van der Waals surface area contributed by atoms with E-state index in [1.54, 1.807) is 24.3 Å². The summed E-state index contributed by atoms with van der Waals surface area (Å²) in [5.41, 5.74) is 1.13. The zero-order chi connectivity index (χ0) is 16.8. The molecule has 0 bridgehead atoms. The molecule has 0 amide bonds. The lowest BCUT2D eigenvalue weighted by Crippen LogP contribution is -2.29. The lowest BCUT2D eigenvalue weighted by Gasteiger charge is -2.11. The largest absolute Gasteiger partial charge is 0.546 e. The predicted octanol–water partition coefficient (Wildman–Crippen LogP) is 2.78. The lowest BCUT2D eigenvalue weighted by atomic mass is 10.0. The minimum Gasteiger partial charge on any atom is -0.546 e. The van der Waals surface area contributed by atoms with Crippen LogP contribution in [0, 0.1) is 17.1 Å². The Balaban J connectivity index is 2.44. The fraction of sp³-hybridized carbons (Fsp3) is 0.0588. The van der Waals surface area contributed by atoms with Crippen LogP contribution >= 0.6 is 15.9 Å². The third-order valence-corrected chi connectivity index (χ3v) is 3.37. The maximum Gasteiger partial charge on any atom is 0.128 e. The van der Waals surface area contributed by atoms with Crippen molar-refractivity contribution in [1.82, 2.24) is 0 Å². The van der Waals surface area contributed by atoms with Crippen molar-refractivity contribution in [3.8, 4) is 11.8 Å². The fourth-order valence-corrected chi connectivity index (χ4v) is 2.27. The van der Waals surface area contributed by atoms with Gasteiger partial charge in [-0.05, 0) is 42.0 Å². The molecule has 0 aliphatic heterocycles. The first-order chi connectivity index (χ1) is 11.0. The van der Waals surface area contributed by atoms with Crippen LogP contribution in [0.3, 0.4) is 0 Å². The highest BCUT2D eigenvalue weighted by Crippen LogP contribution is 2.28. The van der Waals surface area contributed by atoms with E-state index < -0.39 is 18.4 Å². The molecule has 116 valence electrons. The molecule has 2 aromatic carbocycles. The summed E-state index contributed by atoms with van der Waals surface area (Å²) in [6.45, 7) is -0.607. The average Bonchev–Trinajstić information content (AvgIpc) is 2.51. The molecule has 6 heteroatoms. The first-order valence-electron chi connectivity index (χ1n) is 6.49. The van der Waals surface area contributed by atoms with E-state index in [1.165, 1.54) is 24.3 Å². The van der Waals surface area contributed by atoms with Gasteiger partial charge in [-0.25, -0.2) is 4.39 Å². The molecule has 0 radical (unpaired) electrons.